The van der Waals surface area contributed by atoms with Crippen LogP contribution in [0, 0.1) is 0 Å². The molecule has 1 atom stereocenters. The van der Waals surface area contributed by atoms with Crippen molar-refractivity contribution in [2.24, 2.45) is 5.73 Å². The average molecular weight is 252 g/mol. The molecule has 2 N–H and O–H groups in total. The predicted molar refractivity (Wildman–Crippen MR) is 66.6 cm³/mol. The second kappa shape index (κ2) is 5.45. The van der Waals surface area contributed by atoms with Crippen molar-refractivity contribution in [1.29, 1.82) is 0 Å². The smallest absolute Gasteiger partial charge is 0.244 e. The summed E-state index contributed by atoms with van der Waals surface area (Å²) in [7, 11) is 2.08. The number of rotatable bonds is 3. The molecule has 7 nitrogen and oxygen atoms in total. The summed E-state index contributed by atoms with van der Waals surface area (Å²) in [6, 6.07) is 0.401. The largest absolute Gasteiger partial charge is 0.338 e. The molecular weight excluding hydrogens is 232 g/mol. The van der Waals surface area contributed by atoms with Crippen molar-refractivity contribution in [3.05, 3.63) is 11.9 Å². The van der Waals surface area contributed by atoms with Gasteiger partial charge in [-0.15, -0.1) is 5.10 Å². The van der Waals surface area contributed by atoms with E-state index in [-0.39, 0.29) is 12.5 Å². The highest BCUT2D eigenvalue weighted by Gasteiger charge is 2.24. The Kier molecular flexibility index (Phi) is 3.93. The van der Waals surface area contributed by atoms with Gasteiger partial charge in [0.05, 0.1) is 11.9 Å². The summed E-state index contributed by atoms with van der Waals surface area (Å²) in [4.78, 5) is 16.2. The molecule has 1 aliphatic rings. The molecule has 7 heteroatoms. The van der Waals surface area contributed by atoms with Crippen LogP contribution in [0.2, 0.25) is 0 Å². The Labute approximate surface area is 107 Å². The van der Waals surface area contributed by atoms with E-state index in [2.05, 4.69) is 29.2 Å². The minimum Gasteiger partial charge on any atom is -0.338 e. The lowest BCUT2D eigenvalue weighted by Crippen LogP contribution is -2.52. The molecule has 2 heterocycles. The maximum absolute atomic E-state index is 12.1. The molecule has 0 saturated carbocycles. The van der Waals surface area contributed by atoms with Gasteiger partial charge >= 0.3 is 0 Å². The average Bonchev–Trinajstić information content (AvgIpc) is 2.80. The van der Waals surface area contributed by atoms with Gasteiger partial charge in [0, 0.05) is 32.2 Å². The van der Waals surface area contributed by atoms with Crippen LogP contribution < -0.4 is 5.73 Å². The molecule has 1 unspecified atom stereocenters. The number of hydrogen-bond donors (Lipinski definition) is 1. The second-order valence-electron chi connectivity index (χ2n) is 4.78. The maximum atomic E-state index is 12.1. The Bertz CT molecular complexity index is 417. The van der Waals surface area contributed by atoms with Gasteiger partial charge in [-0.1, -0.05) is 5.21 Å². The van der Waals surface area contributed by atoms with Gasteiger partial charge in [0.25, 0.3) is 0 Å². The summed E-state index contributed by atoms with van der Waals surface area (Å²) in [5.74, 6) is 0.0865. The van der Waals surface area contributed by atoms with Gasteiger partial charge in [-0.25, -0.2) is 4.68 Å². The van der Waals surface area contributed by atoms with Crippen LogP contribution in [-0.2, 0) is 17.9 Å². The summed E-state index contributed by atoms with van der Waals surface area (Å²) < 4.78 is 1.55. The standard InChI is InChI=1S/C11H20N6O/c1-9-6-16(4-3-15(9)2)11(18)8-17-7-10(5-12)13-14-17/h7,9H,3-6,8,12H2,1-2H3. The van der Waals surface area contributed by atoms with Gasteiger partial charge in [-0.3, -0.25) is 4.79 Å². The Morgan fingerprint density at radius 1 is 1.56 bits per heavy atom. The highest BCUT2D eigenvalue weighted by atomic mass is 16.2. The maximum Gasteiger partial charge on any atom is 0.244 e. The molecule has 1 fully saturated rings. The molecule has 1 aromatic heterocycles. The van der Waals surface area contributed by atoms with Crippen LogP contribution in [0.15, 0.2) is 6.20 Å². The molecule has 0 aliphatic carbocycles. The first-order valence-electron chi connectivity index (χ1n) is 6.17. The lowest BCUT2D eigenvalue weighted by molar-refractivity contribution is -0.134. The van der Waals surface area contributed by atoms with Crippen LogP contribution in [0.4, 0.5) is 0 Å². The van der Waals surface area contributed by atoms with Crippen molar-refractivity contribution in [3.63, 3.8) is 0 Å². The van der Waals surface area contributed by atoms with E-state index in [1.807, 2.05) is 4.90 Å². The molecule has 1 saturated heterocycles. The fraction of sp³-hybridized carbons (Fsp3) is 0.727. The molecule has 1 aliphatic heterocycles. The van der Waals surface area contributed by atoms with Crippen LogP contribution in [0.3, 0.4) is 0 Å². The van der Waals surface area contributed by atoms with Crippen LogP contribution >= 0.6 is 0 Å². The molecule has 1 amide bonds. The number of carbonyl (C=O) groups is 1. The van der Waals surface area contributed by atoms with Crippen molar-refractivity contribution in [1.82, 2.24) is 24.8 Å². The summed E-state index contributed by atoms with van der Waals surface area (Å²) in [6.45, 7) is 5.18. The molecular formula is C11H20N6O. The topological polar surface area (TPSA) is 80.3 Å². The predicted octanol–water partition coefficient (Wildman–Crippen LogP) is -1.10. The number of nitrogens with two attached hydrogens (primary N) is 1. The highest BCUT2D eigenvalue weighted by molar-refractivity contribution is 5.76. The number of hydrogen-bond acceptors (Lipinski definition) is 5. The minimum absolute atomic E-state index is 0.0865. The zero-order chi connectivity index (χ0) is 13.1. The number of piperazine rings is 1. The Morgan fingerprint density at radius 2 is 2.33 bits per heavy atom. The van der Waals surface area contributed by atoms with Crippen molar-refractivity contribution >= 4 is 5.91 Å². The molecule has 0 spiro atoms. The van der Waals surface area contributed by atoms with Crippen molar-refractivity contribution in [2.45, 2.75) is 26.1 Å². The Morgan fingerprint density at radius 3 is 2.94 bits per heavy atom. The SMILES string of the molecule is CC1CN(C(=O)Cn2cc(CN)nn2)CCN1C. The monoisotopic (exact) mass is 252 g/mol. The third kappa shape index (κ3) is 2.85. The molecule has 0 aromatic carbocycles. The fourth-order valence-electron chi connectivity index (χ4n) is 2.02. The zero-order valence-corrected chi connectivity index (χ0v) is 10.9. The van der Waals surface area contributed by atoms with E-state index in [1.54, 1.807) is 10.9 Å². The molecule has 1 aromatic rings. The van der Waals surface area contributed by atoms with Gasteiger partial charge in [0.1, 0.15) is 6.54 Å². The summed E-state index contributed by atoms with van der Waals surface area (Å²) in [5.41, 5.74) is 6.16. The van der Waals surface area contributed by atoms with Gasteiger partial charge in [0.15, 0.2) is 0 Å². The number of carbonyl (C=O) groups excluding carboxylic acids is 1. The third-order valence-corrected chi connectivity index (χ3v) is 3.40. The van der Waals surface area contributed by atoms with Gasteiger partial charge in [0.2, 0.25) is 5.91 Å². The van der Waals surface area contributed by atoms with Gasteiger partial charge in [-0.2, -0.15) is 0 Å². The fourth-order valence-corrected chi connectivity index (χ4v) is 2.02. The van der Waals surface area contributed by atoms with Gasteiger partial charge in [-0.05, 0) is 14.0 Å². The first-order chi connectivity index (χ1) is 8.60. The summed E-state index contributed by atoms with van der Waals surface area (Å²) >= 11 is 0. The van der Waals surface area contributed by atoms with Crippen LogP contribution in [0.5, 0.6) is 0 Å². The quantitative estimate of drug-likeness (QED) is 0.738. The number of nitrogens with zero attached hydrogens (tertiary/aromatic N) is 5. The van der Waals surface area contributed by atoms with Crippen LogP contribution in [0.1, 0.15) is 12.6 Å². The third-order valence-electron chi connectivity index (χ3n) is 3.40. The Hall–Kier alpha value is -1.47. The van der Waals surface area contributed by atoms with E-state index in [0.717, 1.165) is 19.6 Å². The highest BCUT2D eigenvalue weighted by Crippen LogP contribution is 2.07. The first kappa shape index (κ1) is 13.0. The van der Waals surface area contributed by atoms with Crippen LogP contribution in [-0.4, -0.2) is 63.4 Å². The van der Waals surface area contributed by atoms with Crippen molar-refractivity contribution < 1.29 is 4.79 Å². The summed E-state index contributed by atoms with van der Waals surface area (Å²) in [6.07, 6.45) is 1.72. The molecule has 0 radical (unpaired) electrons. The normalized spacial score (nSPS) is 21.3. The van der Waals surface area contributed by atoms with Crippen LogP contribution in [0.25, 0.3) is 0 Å². The minimum atomic E-state index is 0.0865. The van der Waals surface area contributed by atoms with E-state index < -0.39 is 0 Å². The zero-order valence-electron chi connectivity index (χ0n) is 10.9. The number of aromatic nitrogens is 3. The van der Waals surface area contributed by atoms with E-state index in [1.165, 1.54) is 0 Å². The lowest BCUT2D eigenvalue weighted by atomic mass is 10.2. The van der Waals surface area contributed by atoms with E-state index in [0.29, 0.717) is 18.3 Å². The first-order valence-corrected chi connectivity index (χ1v) is 6.17. The van der Waals surface area contributed by atoms with E-state index in [9.17, 15) is 4.79 Å². The van der Waals surface area contributed by atoms with Crippen molar-refractivity contribution in [3.8, 4) is 0 Å². The Balaban J connectivity index is 1.91. The van der Waals surface area contributed by atoms with Crippen molar-refractivity contribution in [2.75, 3.05) is 26.7 Å². The van der Waals surface area contributed by atoms with E-state index in [4.69, 9.17) is 5.73 Å². The second-order valence-corrected chi connectivity index (χ2v) is 4.78. The molecule has 100 valence electrons. The number of likely N-dealkylation sites (N-methyl/N-ethyl adjacent to an activating group) is 1. The van der Waals surface area contributed by atoms with Gasteiger partial charge < -0.3 is 15.5 Å². The summed E-state index contributed by atoms with van der Waals surface area (Å²) in [5, 5.41) is 7.75. The molecule has 0 bridgehead atoms. The lowest BCUT2D eigenvalue weighted by Gasteiger charge is -2.37. The molecule has 18 heavy (non-hydrogen) atoms. The number of amides is 1. The van der Waals surface area contributed by atoms with E-state index >= 15 is 0 Å². The molecule has 2 rings (SSSR count).